The van der Waals surface area contributed by atoms with E-state index in [0.717, 1.165) is 16.6 Å². The number of carbonyl (C=O) groups is 2. The molecule has 25 heavy (non-hydrogen) atoms. The highest BCUT2D eigenvalue weighted by molar-refractivity contribution is 6.09. The van der Waals surface area contributed by atoms with Crippen molar-refractivity contribution in [2.75, 3.05) is 11.9 Å². The molecule has 3 rings (SSSR count). The van der Waals surface area contributed by atoms with E-state index >= 15 is 0 Å². The number of hydrogen-bond acceptors (Lipinski definition) is 2. The molecule has 0 aliphatic heterocycles. The van der Waals surface area contributed by atoms with E-state index in [1.807, 2.05) is 79.2 Å². The molecule has 0 atom stereocenters. The first-order chi connectivity index (χ1) is 12.0. The van der Waals surface area contributed by atoms with Gasteiger partial charge in [0.15, 0.2) is 5.78 Å². The Morgan fingerprint density at radius 3 is 2.32 bits per heavy atom. The van der Waals surface area contributed by atoms with Crippen LogP contribution in [-0.2, 0) is 11.3 Å². The van der Waals surface area contributed by atoms with Crippen molar-refractivity contribution in [1.29, 1.82) is 0 Å². The number of anilines is 1. The summed E-state index contributed by atoms with van der Waals surface area (Å²) < 4.78 is 1.87. The Hall–Kier alpha value is -2.88. The third-order valence-corrected chi connectivity index (χ3v) is 4.40. The zero-order valence-corrected chi connectivity index (χ0v) is 14.8. The molecule has 4 nitrogen and oxygen atoms in total. The van der Waals surface area contributed by atoms with Crippen LogP contribution in [0.4, 0.5) is 5.69 Å². The lowest BCUT2D eigenvalue weighted by Gasteiger charge is -2.18. The van der Waals surface area contributed by atoms with Crippen LogP contribution in [0.3, 0.4) is 0 Å². The van der Waals surface area contributed by atoms with Gasteiger partial charge in [0.25, 0.3) is 0 Å². The van der Waals surface area contributed by atoms with Crippen LogP contribution >= 0.6 is 0 Å². The quantitative estimate of drug-likeness (QED) is 0.658. The Balaban J connectivity index is 1.94. The predicted octanol–water partition coefficient (Wildman–Crippen LogP) is 4.14. The highest BCUT2D eigenvalue weighted by Crippen LogP contribution is 2.24. The minimum Gasteiger partial charge on any atom is -0.337 e. The predicted molar refractivity (Wildman–Crippen MR) is 101 cm³/mol. The molecule has 0 aliphatic carbocycles. The van der Waals surface area contributed by atoms with E-state index in [1.54, 1.807) is 11.9 Å². The zero-order valence-electron chi connectivity index (χ0n) is 14.8. The van der Waals surface area contributed by atoms with Crippen LogP contribution in [0, 0.1) is 5.92 Å². The lowest BCUT2D eigenvalue weighted by atomic mass is 10.0. The molecule has 0 saturated carbocycles. The molecule has 0 aliphatic rings. The SMILES string of the molecule is CC(C)C(=O)c1cn(CC(=O)N(C)c2ccccc2)c2ccccc12. The number of rotatable bonds is 5. The van der Waals surface area contributed by atoms with E-state index in [2.05, 4.69) is 0 Å². The molecule has 0 saturated heterocycles. The van der Waals surface area contributed by atoms with E-state index in [1.165, 1.54) is 0 Å². The maximum atomic E-state index is 12.7. The van der Waals surface area contributed by atoms with Crippen LogP contribution in [0.15, 0.2) is 60.8 Å². The van der Waals surface area contributed by atoms with Crippen LogP contribution in [0.25, 0.3) is 10.9 Å². The highest BCUT2D eigenvalue weighted by Gasteiger charge is 2.19. The van der Waals surface area contributed by atoms with Crippen LogP contribution in [0.5, 0.6) is 0 Å². The molecule has 0 N–H and O–H groups in total. The van der Waals surface area contributed by atoms with Gasteiger partial charge in [0.1, 0.15) is 6.54 Å². The van der Waals surface area contributed by atoms with E-state index < -0.39 is 0 Å². The van der Waals surface area contributed by atoms with Gasteiger partial charge >= 0.3 is 0 Å². The van der Waals surface area contributed by atoms with E-state index in [9.17, 15) is 9.59 Å². The minimum absolute atomic E-state index is 0.0319. The molecule has 1 amide bonds. The fraction of sp³-hybridized carbons (Fsp3) is 0.238. The monoisotopic (exact) mass is 334 g/mol. The Bertz CT molecular complexity index is 910. The number of likely N-dealkylation sites (N-methyl/N-ethyl adjacent to an activating group) is 1. The van der Waals surface area contributed by atoms with Crippen molar-refractivity contribution < 1.29 is 9.59 Å². The van der Waals surface area contributed by atoms with Crippen molar-refractivity contribution in [3.63, 3.8) is 0 Å². The van der Waals surface area contributed by atoms with Crippen molar-refractivity contribution in [2.45, 2.75) is 20.4 Å². The second-order valence-electron chi connectivity index (χ2n) is 6.50. The summed E-state index contributed by atoms with van der Waals surface area (Å²) in [5, 5.41) is 0.899. The number of nitrogens with zero attached hydrogens (tertiary/aromatic N) is 2. The van der Waals surface area contributed by atoms with Crippen molar-refractivity contribution >= 4 is 28.3 Å². The Kier molecular flexibility index (Phi) is 4.70. The van der Waals surface area contributed by atoms with Gasteiger partial charge in [-0.3, -0.25) is 9.59 Å². The maximum Gasteiger partial charge on any atom is 0.246 e. The minimum atomic E-state index is -0.0815. The Morgan fingerprint density at radius 2 is 1.64 bits per heavy atom. The highest BCUT2D eigenvalue weighted by atomic mass is 16.2. The largest absolute Gasteiger partial charge is 0.337 e. The summed E-state index contributed by atoms with van der Waals surface area (Å²) in [6.45, 7) is 3.98. The molecule has 0 bridgehead atoms. The lowest BCUT2D eigenvalue weighted by Crippen LogP contribution is -2.29. The normalized spacial score (nSPS) is 11.0. The van der Waals surface area contributed by atoms with Crippen molar-refractivity contribution in [3.8, 4) is 0 Å². The van der Waals surface area contributed by atoms with E-state index in [0.29, 0.717) is 5.56 Å². The summed E-state index contributed by atoms with van der Waals surface area (Å²) in [5.41, 5.74) is 2.43. The number of hydrogen-bond donors (Lipinski definition) is 0. The second-order valence-corrected chi connectivity index (χ2v) is 6.50. The number of para-hydroxylation sites is 2. The Morgan fingerprint density at radius 1 is 1.00 bits per heavy atom. The molecule has 1 aromatic heterocycles. The van der Waals surface area contributed by atoms with Gasteiger partial charge < -0.3 is 9.47 Å². The first kappa shape index (κ1) is 17.0. The fourth-order valence-electron chi connectivity index (χ4n) is 2.93. The summed E-state index contributed by atoms with van der Waals surface area (Å²) in [5.74, 6) is -0.0174. The maximum absolute atomic E-state index is 12.7. The van der Waals surface area contributed by atoms with Crippen molar-refractivity contribution in [1.82, 2.24) is 4.57 Å². The summed E-state index contributed by atoms with van der Waals surface area (Å²) in [6, 6.07) is 17.3. The average molecular weight is 334 g/mol. The third-order valence-electron chi connectivity index (χ3n) is 4.40. The van der Waals surface area contributed by atoms with Gasteiger partial charge in [-0.1, -0.05) is 50.2 Å². The summed E-state index contributed by atoms with van der Waals surface area (Å²) in [6.07, 6.45) is 1.81. The van der Waals surface area contributed by atoms with Gasteiger partial charge in [-0.25, -0.2) is 0 Å². The molecular weight excluding hydrogens is 312 g/mol. The molecule has 4 heteroatoms. The topological polar surface area (TPSA) is 42.3 Å². The van der Waals surface area contributed by atoms with Crippen molar-refractivity contribution in [3.05, 3.63) is 66.4 Å². The van der Waals surface area contributed by atoms with Gasteiger partial charge in [-0.15, -0.1) is 0 Å². The molecule has 0 unspecified atom stereocenters. The fourth-order valence-corrected chi connectivity index (χ4v) is 2.93. The number of aromatic nitrogens is 1. The number of amides is 1. The number of carbonyl (C=O) groups excluding carboxylic acids is 2. The lowest BCUT2D eigenvalue weighted by molar-refractivity contribution is -0.118. The van der Waals surface area contributed by atoms with Crippen LogP contribution in [0.2, 0.25) is 0 Å². The van der Waals surface area contributed by atoms with E-state index in [-0.39, 0.29) is 24.2 Å². The van der Waals surface area contributed by atoms with Crippen LogP contribution in [-0.4, -0.2) is 23.3 Å². The molecule has 1 heterocycles. The summed E-state index contributed by atoms with van der Waals surface area (Å²) in [4.78, 5) is 26.8. The number of fused-ring (bicyclic) bond motifs is 1. The van der Waals surface area contributed by atoms with Crippen molar-refractivity contribution in [2.24, 2.45) is 5.92 Å². The summed E-state index contributed by atoms with van der Waals surface area (Å²) >= 11 is 0. The first-order valence-corrected chi connectivity index (χ1v) is 8.42. The van der Waals surface area contributed by atoms with Gasteiger partial charge in [0, 0.05) is 41.3 Å². The van der Waals surface area contributed by atoms with E-state index in [4.69, 9.17) is 0 Å². The van der Waals surface area contributed by atoms with Gasteiger partial charge in [0.2, 0.25) is 5.91 Å². The molecular formula is C21H22N2O2. The van der Waals surface area contributed by atoms with Crippen LogP contribution < -0.4 is 4.90 Å². The molecule has 0 radical (unpaired) electrons. The second kappa shape index (κ2) is 6.93. The molecule has 0 spiro atoms. The summed E-state index contributed by atoms with van der Waals surface area (Å²) in [7, 11) is 1.77. The van der Waals surface area contributed by atoms with Gasteiger partial charge in [-0.2, -0.15) is 0 Å². The molecule has 2 aromatic carbocycles. The first-order valence-electron chi connectivity index (χ1n) is 8.42. The van der Waals surface area contributed by atoms with Gasteiger partial charge in [-0.05, 0) is 18.2 Å². The third kappa shape index (κ3) is 3.33. The molecule has 0 fully saturated rings. The molecule has 128 valence electrons. The number of benzene rings is 2. The van der Waals surface area contributed by atoms with Gasteiger partial charge in [0.05, 0.1) is 0 Å². The zero-order chi connectivity index (χ0) is 18.0. The standard InChI is InChI=1S/C21H22N2O2/c1-15(2)21(25)18-13-23(19-12-8-7-11-17(18)19)14-20(24)22(3)16-9-5-4-6-10-16/h4-13,15H,14H2,1-3H3. The number of Topliss-reactive ketones (excluding diaryl/α,β-unsaturated/α-hetero) is 1. The average Bonchev–Trinajstić information content (AvgIpc) is 2.99. The molecule has 3 aromatic rings. The number of ketones is 1. The smallest absolute Gasteiger partial charge is 0.246 e. The Labute approximate surface area is 147 Å². The van der Waals surface area contributed by atoms with Crippen LogP contribution in [0.1, 0.15) is 24.2 Å².